The SMILES string of the molecule is C=C1C=C2C(C)CCCC2(S)C1. The molecule has 2 rings (SSSR count). The summed E-state index contributed by atoms with van der Waals surface area (Å²) >= 11 is 4.80. The van der Waals surface area contributed by atoms with E-state index in [9.17, 15) is 0 Å². The molecule has 0 nitrogen and oxygen atoms in total. The molecule has 0 aromatic heterocycles. The van der Waals surface area contributed by atoms with Crippen LogP contribution in [0.5, 0.6) is 0 Å². The molecule has 2 aliphatic carbocycles. The molecule has 0 radical (unpaired) electrons. The van der Waals surface area contributed by atoms with E-state index >= 15 is 0 Å². The molecule has 0 N–H and O–H groups in total. The normalized spacial score (nSPS) is 41.0. The van der Waals surface area contributed by atoms with Gasteiger partial charge in [0.1, 0.15) is 0 Å². The van der Waals surface area contributed by atoms with Crippen molar-refractivity contribution in [2.24, 2.45) is 5.92 Å². The van der Waals surface area contributed by atoms with E-state index in [4.69, 9.17) is 12.6 Å². The summed E-state index contributed by atoms with van der Waals surface area (Å²) in [5.74, 6) is 0.732. The summed E-state index contributed by atoms with van der Waals surface area (Å²) in [7, 11) is 0. The molecule has 1 fully saturated rings. The van der Waals surface area contributed by atoms with Gasteiger partial charge in [0, 0.05) is 4.75 Å². The Morgan fingerprint density at radius 3 is 3.08 bits per heavy atom. The van der Waals surface area contributed by atoms with E-state index < -0.39 is 0 Å². The van der Waals surface area contributed by atoms with Gasteiger partial charge >= 0.3 is 0 Å². The Morgan fingerprint density at radius 1 is 1.67 bits per heavy atom. The van der Waals surface area contributed by atoms with Gasteiger partial charge in [-0.3, -0.25) is 0 Å². The van der Waals surface area contributed by atoms with Gasteiger partial charge in [0.15, 0.2) is 0 Å². The molecule has 2 atom stereocenters. The Hall–Kier alpha value is -0.170. The lowest BCUT2D eigenvalue weighted by Gasteiger charge is -2.35. The van der Waals surface area contributed by atoms with Gasteiger partial charge in [0.25, 0.3) is 0 Å². The van der Waals surface area contributed by atoms with Crippen LogP contribution in [0, 0.1) is 5.92 Å². The van der Waals surface area contributed by atoms with Gasteiger partial charge in [-0.1, -0.05) is 37.1 Å². The van der Waals surface area contributed by atoms with Crippen molar-refractivity contribution in [1.82, 2.24) is 0 Å². The van der Waals surface area contributed by atoms with Crippen molar-refractivity contribution >= 4 is 12.6 Å². The Kier molecular flexibility index (Phi) is 1.87. The van der Waals surface area contributed by atoms with Crippen molar-refractivity contribution in [3.05, 3.63) is 23.8 Å². The fraction of sp³-hybridized carbons (Fsp3) is 0.636. The number of thiol groups is 1. The third-order valence-electron chi connectivity index (χ3n) is 3.17. The van der Waals surface area contributed by atoms with Crippen LogP contribution >= 0.6 is 12.6 Å². The molecule has 0 spiro atoms. The average Bonchev–Trinajstić information content (AvgIpc) is 2.26. The lowest BCUT2D eigenvalue weighted by Crippen LogP contribution is -2.28. The Balaban J connectivity index is 2.34. The summed E-state index contributed by atoms with van der Waals surface area (Å²) in [6.45, 7) is 6.35. The molecule has 12 heavy (non-hydrogen) atoms. The standard InChI is InChI=1S/C11H16S/c1-8-6-10-9(2)4-3-5-11(10,12)7-8/h6,9,12H,1,3-5,7H2,2H3. The number of hydrogen-bond acceptors (Lipinski definition) is 1. The topological polar surface area (TPSA) is 0 Å². The van der Waals surface area contributed by atoms with Crippen molar-refractivity contribution in [2.45, 2.75) is 37.4 Å². The molecule has 0 saturated heterocycles. The van der Waals surface area contributed by atoms with Crippen LogP contribution < -0.4 is 0 Å². The molecule has 66 valence electrons. The predicted octanol–water partition coefficient (Wildman–Crippen LogP) is 3.36. The van der Waals surface area contributed by atoms with Crippen LogP contribution in [-0.2, 0) is 0 Å². The molecule has 0 bridgehead atoms. The Labute approximate surface area is 80.2 Å². The first kappa shape index (κ1) is 8.43. The van der Waals surface area contributed by atoms with E-state index in [1.54, 1.807) is 5.57 Å². The van der Waals surface area contributed by atoms with Crippen LogP contribution in [0.25, 0.3) is 0 Å². The summed E-state index contributed by atoms with van der Waals surface area (Å²) in [6, 6.07) is 0. The van der Waals surface area contributed by atoms with Gasteiger partial charge in [-0.25, -0.2) is 0 Å². The molecule has 2 unspecified atom stereocenters. The minimum atomic E-state index is 0.189. The second-order valence-corrected chi connectivity index (χ2v) is 5.12. The molecule has 0 aromatic rings. The van der Waals surface area contributed by atoms with Crippen molar-refractivity contribution in [3.63, 3.8) is 0 Å². The molecule has 0 heterocycles. The summed E-state index contributed by atoms with van der Waals surface area (Å²) in [6.07, 6.45) is 7.26. The van der Waals surface area contributed by atoms with Gasteiger partial charge in [0.2, 0.25) is 0 Å². The molecular weight excluding hydrogens is 164 g/mol. The first-order valence-electron chi connectivity index (χ1n) is 4.74. The van der Waals surface area contributed by atoms with Crippen LogP contribution in [0.4, 0.5) is 0 Å². The first-order valence-corrected chi connectivity index (χ1v) is 5.19. The molecule has 0 amide bonds. The zero-order valence-electron chi connectivity index (χ0n) is 7.64. The van der Waals surface area contributed by atoms with E-state index in [1.807, 2.05) is 0 Å². The van der Waals surface area contributed by atoms with Crippen LogP contribution in [0.1, 0.15) is 32.6 Å². The van der Waals surface area contributed by atoms with E-state index in [-0.39, 0.29) is 4.75 Å². The molecule has 2 aliphatic rings. The fourth-order valence-electron chi connectivity index (χ4n) is 2.57. The van der Waals surface area contributed by atoms with Crippen molar-refractivity contribution in [1.29, 1.82) is 0 Å². The number of rotatable bonds is 0. The minimum Gasteiger partial charge on any atom is -0.168 e. The molecule has 1 saturated carbocycles. The van der Waals surface area contributed by atoms with Gasteiger partial charge in [-0.15, -0.1) is 0 Å². The van der Waals surface area contributed by atoms with Gasteiger partial charge in [-0.2, -0.15) is 12.6 Å². The van der Waals surface area contributed by atoms with Gasteiger partial charge in [-0.05, 0) is 25.2 Å². The number of hydrogen-bond donors (Lipinski definition) is 1. The molecule has 0 aliphatic heterocycles. The monoisotopic (exact) mass is 180 g/mol. The first-order chi connectivity index (χ1) is 5.62. The highest BCUT2D eigenvalue weighted by atomic mass is 32.1. The van der Waals surface area contributed by atoms with Crippen LogP contribution in [0.3, 0.4) is 0 Å². The highest BCUT2D eigenvalue weighted by Crippen LogP contribution is 2.49. The second-order valence-electron chi connectivity index (χ2n) is 4.26. The van der Waals surface area contributed by atoms with Crippen molar-refractivity contribution in [3.8, 4) is 0 Å². The van der Waals surface area contributed by atoms with Crippen LogP contribution in [0.15, 0.2) is 23.8 Å². The van der Waals surface area contributed by atoms with E-state index in [1.165, 1.54) is 24.8 Å². The summed E-state index contributed by atoms with van der Waals surface area (Å²) < 4.78 is 0.189. The smallest absolute Gasteiger partial charge is 0.0383 e. The van der Waals surface area contributed by atoms with E-state index in [0.29, 0.717) is 0 Å². The summed E-state index contributed by atoms with van der Waals surface area (Å²) in [5, 5.41) is 0. The van der Waals surface area contributed by atoms with Crippen molar-refractivity contribution in [2.75, 3.05) is 0 Å². The second kappa shape index (κ2) is 2.66. The zero-order valence-corrected chi connectivity index (χ0v) is 8.53. The Morgan fingerprint density at radius 2 is 2.42 bits per heavy atom. The highest BCUT2D eigenvalue weighted by Gasteiger charge is 2.39. The van der Waals surface area contributed by atoms with Gasteiger partial charge in [0.05, 0.1) is 0 Å². The summed E-state index contributed by atoms with van der Waals surface area (Å²) in [4.78, 5) is 0. The quantitative estimate of drug-likeness (QED) is 0.543. The van der Waals surface area contributed by atoms with Crippen LogP contribution in [-0.4, -0.2) is 4.75 Å². The molecular formula is C11H16S. The summed E-state index contributed by atoms with van der Waals surface area (Å²) in [5.41, 5.74) is 2.82. The lowest BCUT2D eigenvalue weighted by atomic mass is 9.78. The van der Waals surface area contributed by atoms with E-state index in [2.05, 4.69) is 19.6 Å². The maximum atomic E-state index is 4.80. The predicted molar refractivity (Wildman–Crippen MR) is 56.6 cm³/mol. The average molecular weight is 180 g/mol. The van der Waals surface area contributed by atoms with Crippen LogP contribution in [0.2, 0.25) is 0 Å². The van der Waals surface area contributed by atoms with Gasteiger partial charge < -0.3 is 0 Å². The minimum absolute atomic E-state index is 0.189. The maximum Gasteiger partial charge on any atom is 0.0383 e. The van der Waals surface area contributed by atoms with E-state index in [0.717, 1.165) is 12.3 Å². The molecule has 1 heteroatoms. The Bertz CT molecular complexity index is 252. The molecule has 0 aromatic carbocycles. The lowest BCUT2D eigenvalue weighted by molar-refractivity contribution is 0.426. The third kappa shape index (κ3) is 1.15. The largest absolute Gasteiger partial charge is 0.168 e. The number of allylic oxidation sites excluding steroid dienone is 2. The van der Waals surface area contributed by atoms with Crippen molar-refractivity contribution < 1.29 is 0 Å². The fourth-order valence-corrected chi connectivity index (χ4v) is 3.22. The third-order valence-corrected chi connectivity index (χ3v) is 3.81. The highest BCUT2D eigenvalue weighted by molar-refractivity contribution is 7.82. The maximum absolute atomic E-state index is 4.80. The zero-order chi connectivity index (χ0) is 8.77. The number of fused-ring (bicyclic) bond motifs is 1.